The Bertz CT molecular complexity index is 608. The van der Waals surface area contributed by atoms with Gasteiger partial charge in [-0.15, -0.1) is 36.2 Å². The van der Waals surface area contributed by atoms with Gasteiger partial charge in [-0.2, -0.15) is 0 Å². The molecule has 0 aromatic carbocycles. The molecule has 8 heteroatoms. The lowest BCUT2D eigenvalue weighted by Gasteiger charge is -2.29. The van der Waals surface area contributed by atoms with Gasteiger partial charge in [0.05, 0.1) is 6.26 Å². The molecule has 0 unspecified atom stereocenters. The zero-order valence-electron chi connectivity index (χ0n) is 12.2. The summed E-state index contributed by atoms with van der Waals surface area (Å²) in [5.74, 6) is 0.710. The number of hydrogen-bond acceptors (Lipinski definition) is 5. The van der Waals surface area contributed by atoms with Gasteiger partial charge in [0.1, 0.15) is 5.69 Å². The molecule has 3 heterocycles. The van der Waals surface area contributed by atoms with Gasteiger partial charge < -0.3 is 15.1 Å². The maximum Gasteiger partial charge on any atom is 0.273 e. The fourth-order valence-corrected chi connectivity index (χ4v) is 3.23. The third-order valence-corrected chi connectivity index (χ3v) is 4.54. The Morgan fingerprint density at radius 3 is 2.68 bits per heavy atom. The summed E-state index contributed by atoms with van der Waals surface area (Å²) in [5.41, 5.74) is 6.41. The van der Waals surface area contributed by atoms with Crippen LogP contribution in [0.3, 0.4) is 0 Å². The summed E-state index contributed by atoms with van der Waals surface area (Å²) in [7, 11) is 0. The van der Waals surface area contributed by atoms with Crippen LogP contribution in [-0.4, -0.2) is 34.9 Å². The summed E-state index contributed by atoms with van der Waals surface area (Å²) in [4.78, 5) is 19.7. The first kappa shape index (κ1) is 19.0. The first-order chi connectivity index (χ1) is 9.65. The van der Waals surface area contributed by atoms with Gasteiger partial charge in [0.2, 0.25) is 0 Å². The fourth-order valence-electron chi connectivity index (χ4n) is 2.35. The lowest BCUT2D eigenvalue weighted by atomic mass is 10.1. The SMILES string of the molecule is Cc1sc(-c2ccco2)nc1C(=O)N1CCC(N)CC1.Cl.Cl. The van der Waals surface area contributed by atoms with Crippen LogP contribution in [0.25, 0.3) is 10.8 Å². The van der Waals surface area contributed by atoms with Gasteiger partial charge in [-0.3, -0.25) is 4.79 Å². The van der Waals surface area contributed by atoms with E-state index < -0.39 is 0 Å². The third-order valence-electron chi connectivity index (χ3n) is 3.56. The van der Waals surface area contributed by atoms with Crippen LogP contribution in [-0.2, 0) is 0 Å². The normalized spacial score (nSPS) is 15.1. The molecule has 2 N–H and O–H groups in total. The molecule has 122 valence electrons. The van der Waals surface area contributed by atoms with Crippen LogP contribution in [0, 0.1) is 6.92 Å². The van der Waals surface area contributed by atoms with E-state index in [9.17, 15) is 4.79 Å². The zero-order chi connectivity index (χ0) is 14.1. The van der Waals surface area contributed by atoms with E-state index in [1.165, 1.54) is 11.3 Å². The number of carbonyl (C=O) groups is 1. The van der Waals surface area contributed by atoms with Crippen molar-refractivity contribution in [2.24, 2.45) is 5.73 Å². The minimum absolute atomic E-state index is 0. The Morgan fingerprint density at radius 1 is 1.41 bits per heavy atom. The Kier molecular flexibility index (Phi) is 6.87. The Hall–Kier alpha value is -1.08. The van der Waals surface area contributed by atoms with Gasteiger partial charge >= 0.3 is 0 Å². The number of aromatic nitrogens is 1. The maximum atomic E-state index is 12.5. The van der Waals surface area contributed by atoms with Crippen LogP contribution in [0.2, 0.25) is 0 Å². The van der Waals surface area contributed by atoms with E-state index in [-0.39, 0.29) is 36.8 Å². The highest BCUT2D eigenvalue weighted by atomic mass is 35.5. The summed E-state index contributed by atoms with van der Waals surface area (Å²) in [5, 5.41) is 0.754. The van der Waals surface area contributed by atoms with E-state index in [1.54, 1.807) is 6.26 Å². The summed E-state index contributed by atoms with van der Waals surface area (Å²) in [6, 6.07) is 3.89. The van der Waals surface area contributed by atoms with E-state index in [0.29, 0.717) is 24.5 Å². The predicted molar refractivity (Wildman–Crippen MR) is 92.2 cm³/mol. The van der Waals surface area contributed by atoms with Gasteiger partial charge in [0, 0.05) is 24.0 Å². The molecule has 1 saturated heterocycles. The van der Waals surface area contributed by atoms with Crippen LogP contribution < -0.4 is 5.73 Å². The van der Waals surface area contributed by atoms with Crippen LogP contribution in [0.1, 0.15) is 28.2 Å². The summed E-state index contributed by atoms with van der Waals surface area (Å²) in [6.45, 7) is 3.35. The Morgan fingerprint density at radius 2 is 2.09 bits per heavy atom. The molecule has 22 heavy (non-hydrogen) atoms. The van der Waals surface area contributed by atoms with Crippen molar-refractivity contribution in [3.63, 3.8) is 0 Å². The number of likely N-dealkylation sites (tertiary alicyclic amines) is 1. The van der Waals surface area contributed by atoms with E-state index in [4.69, 9.17) is 10.2 Å². The molecule has 0 bridgehead atoms. The predicted octanol–water partition coefficient (Wildman–Crippen LogP) is 3.12. The number of rotatable bonds is 2. The molecule has 3 rings (SSSR count). The molecule has 0 radical (unpaired) electrons. The molecule has 0 atom stereocenters. The molecule has 0 aliphatic carbocycles. The highest BCUT2D eigenvalue weighted by Crippen LogP contribution is 2.28. The molecular formula is C14H19Cl2N3O2S. The highest BCUT2D eigenvalue weighted by Gasteiger charge is 2.25. The standard InChI is InChI=1S/C14H17N3O2S.2ClH/c1-9-12(14(18)17-6-4-10(15)5-7-17)16-13(20-9)11-3-2-8-19-11;;/h2-3,8,10H,4-7,15H2,1H3;2*1H. The molecule has 5 nitrogen and oxygen atoms in total. The van der Waals surface area contributed by atoms with Crippen molar-refractivity contribution in [2.75, 3.05) is 13.1 Å². The monoisotopic (exact) mass is 363 g/mol. The average Bonchev–Trinajstić information content (AvgIpc) is 3.08. The third kappa shape index (κ3) is 3.81. The van der Waals surface area contributed by atoms with Crippen molar-refractivity contribution in [2.45, 2.75) is 25.8 Å². The smallest absolute Gasteiger partial charge is 0.273 e. The minimum Gasteiger partial charge on any atom is -0.462 e. The number of piperidine rings is 1. The number of carbonyl (C=O) groups excluding carboxylic acids is 1. The Balaban J connectivity index is 0.00000121. The number of aryl methyl sites for hydroxylation is 1. The van der Waals surface area contributed by atoms with Crippen molar-refractivity contribution < 1.29 is 9.21 Å². The second-order valence-corrected chi connectivity index (χ2v) is 6.23. The van der Waals surface area contributed by atoms with E-state index in [2.05, 4.69) is 4.98 Å². The molecule has 2 aromatic heterocycles. The van der Waals surface area contributed by atoms with Crippen LogP contribution >= 0.6 is 36.2 Å². The van der Waals surface area contributed by atoms with Gasteiger partial charge in [-0.1, -0.05) is 0 Å². The molecule has 2 aromatic rings. The van der Waals surface area contributed by atoms with Gasteiger partial charge in [0.25, 0.3) is 5.91 Å². The molecule has 1 fully saturated rings. The van der Waals surface area contributed by atoms with Gasteiger partial charge in [0.15, 0.2) is 10.8 Å². The molecule has 0 spiro atoms. The first-order valence-corrected chi connectivity index (χ1v) is 7.53. The maximum absolute atomic E-state index is 12.5. The number of halogens is 2. The van der Waals surface area contributed by atoms with E-state index in [1.807, 2.05) is 24.0 Å². The largest absolute Gasteiger partial charge is 0.462 e. The number of furan rings is 1. The number of hydrogen-bond donors (Lipinski definition) is 1. The van der Waals surface area contributed by atoms with Crippen LogP contribution in [0.5, 0.6) is 0 Å². The molecule has 0 saturated carbocycles. The number of nitrogens with two attached hydrogens (primary N) is 1. The quantitative estimate of drug-likeness (QED) is 0.889. The van der Waals surface area contributed by atoms with Crippen molar-refractivity contribution >= 4 is 42.1 Å². The molecule has 1 amide bonds. The summed E-state index contributed by atoms with van der Waals surface area (Å²) < 4.78 is 5.33. The number of nitrogens with zero attached hydrogens (tertiary/aromatic N) is 2. The van der Waals surface area contributed by atoms with E-state index in [0.717, 1.165) is 22.7 Å². The summed E-state index contributed by atoms with van der Waals surface area (Å²) >= 11 is 1.49. The zero-order valence-corrected chi connectivity index (χ0v) is 14.6. The topological polar surface area (TPSA) is 72.4 Å². The van der Waals surface area contributed by atoms with Crippen molar-refractivity contribution in [3.05, 3.63) is 29.0 Å². The number of thiazole rings is 1. The highest BCUT2D eigenvalue weighted by molar-refractivity contribution is 7.15. The number of amides is 1. The molecule has 1 aliphatic heterocycles. The second kappa shape index (κ2) is 7.97. The van der Waals surface area contributed by atoms with Crippen LogP contribution in [0.15, 0.2) is 22.8 Å². The van der Waals surface area contributed by atoms with Gasteiger partial charge in [-0.25, -0.2) is 4.98 Å². The lowest BCUT2D eigenvalue weighted by molar-refractivity contribution is 0.0709. The Labute approximate surface area is 145 Å². The first-order valence-electron chi connectivity index (χ1n) is 6.71. The van der Waals surface area contributed by atoms with Crippen molar-refractivity contribution in [1.29, 1.82) is 0 Å². The van der Waals surface area contributed by atoms with Crippen molar-refractivity contribution in [1.82, 2.24) is 9.88 Å². The fraction of sp³-hybridized carbons (Fsp3) is 0.429. The lowest BCUT2D eigenvalue weighted by Crippen LogP contribution is -2.43. The second-order valence-electron chi connectivity index (χ2n) is 5.03. The average molecular weight is 364 g/mol. The summed E-state index contributed by atoms with van der Waals surface area (Å²) in [6.07, 6.45) is 3.33. The minimum atomic E-state index is 0. The van der Waals surface area contributed by atoms with Crippen molar-refractivity contribution in [3.8, 4) is 10.8 Å². The molecular weight excluding hydrogens is 345 g/mol. The van der Waals surface area contributed by atoms with Gasteiger partial charge in [-0.05, 0) is 31.9 Å². The van der Waals surface area contributed by atoms with Crippen LogP contribution in [0.4, 0.5) is 0 Å². The van der Waals surface area contributed by atoms with E-state index >= 15 is 0 Å². The molecule has 1 aliphatic rings.